The van der Waals surface area contributed by atoms with Gasteiger partial charge in [-0.3, -0.25) is 23.4 Å². The van der Waals surface area contributed by atoms with Crippen molar-refractivity contribution in [1.82, 2.24) is 0 Å². The van der Waals surface area contributed by atoms with Crippen molar-refractivity contribution in [3.05, 3.63) is 0 Å². The molecule has 45 heavy (non-hydrogen) atoms. The Morgan fingerprint density at radius 1 is 0.600 bits per heavy atom. The van der Waals surface area contributed by atoms with E-state index < -0.39 is 51.1 Å². The third-order valence-corrected chi connectivity index (χ3v) is 8.56. The van der Waals surface area contributed by atoms with Crippen molar-refractivity contribution in [1.29, 1.82) is 0 Å². The monoisotopic (exact) mass is 665 g/mol. The Morgan fingerprint density at radius 2 is 0.978 bits per heavy atom. The molecule has 0 aliphatic heterocycles. The number of hydrogen-bond acceptors (Lipinski definition) is 9. The summed E-state index contributed by atoms with van der Waals surface area (Å²) >= 11 is 0. The molecule has 0 radical (unpaired) electrons. The number of phosphoric ester groups is 1. The van der Waals surface area contributed by atoms with Crippen molar-refractivity contribution in [2.24, 2.45) is 5.73 Å². The molecule has 0 heterocycles. The molecule has 3 atom stereocenters. The van der Waals surface area contributed by atoms with Gasteiger partial charge in [-0.1, -0.05) is 136 Å². The molecule has 0 aromatic rings. The second kappa shape index (κ2) is 29.9. The van der Waals surface area contributed by atoms with Gasteiger partial charge in [-0.05, 0) is 12.8 Å². The first-order valence-electron chi connectivity index (χ1n) is 17.6. The predicted molar refractivity (Wildman–Crippen MR) is 176 cm³/mol. The Morgan fingerprint density at radius 3 is 1.40 bits per heavy atom. The van der Waals surface area contributed by atoms with Gasteiger partial charge in [-0.2, -0.15) is 0 Å². The molecule has 11 nitrogen and oxygen atoms in total. The highest BCUT2D eigenvalue weighted by molar-refractivity contribution is 7.47. The van der Waals surface area contributed by atoms with Crippen LogP contribution in [0.2, 0.25) is 0 Å². The van der Waals surface area contributed by atoms with E-state index in [4.69, 9.17) is 24.8 Å². The minimum atomic E-state index is -4.69. The van der Waals surface area contributed by atoms with Gasteiger partial charge in [0.15, 0.2) is 6.10 Å². The first kappa shape index (κ1) is 43.5. The number of aliphatic carboxylic acids is 1. The average molecular weight is 666 g/mol. The molecule has 1 unspecified atom stereocenters. The van der Waals surface area contributed by atoms with Crippen LogP contribution in [-0.4, -0.2) is 59.9 Å². The molecule has 4 N–H and O–H groups in total. The molecule has 0 aromatic carbocycles. The minimum Gasteiger partial charge on any atom is -0.480 e. The standard InChI is InChI=1S/C33H64NO10P/c1-3-5-7-9-11-13-14-15-16-17-19-21-23-25-32(36)44-29(27-42-45(39,40)43-28-30(34)33(37)38)26-41-31(35)24-22-20-18-12-10-8-6-4-2/h29-30H,3-28,34H2,1-2H3,(H,37,38)(H,39,40)/t29-,30+/m1/s1. The van der Waals surface area contributed by atoms with Crippen molar-refractivity contribution >= 4 is 25.7 Å². The molecule has 0 amide bonds. The van der Waals surface area contributed by atoms with Crippen LogP contribution in [0.1, 0.15) is 162 Å². The molecular weight excluding hydrogens is 601 g/mol. The largest absolute Gasteiger partial charge is 0.480 e. The molecule has 0 aliphatic rings. The molecule has 0 aliphatic carbocycles. The third kappa shape index (κ3) is 29.6. The maximum atomic E-state index is 12.5. The lowest BCUT2D eigenvalue weighted by Gasteiger charge is -2.20. The summed E-state index contributed by atoms with van der Waals surface area (Å²) in [5.41, 5.74) is 5.30. The van der Waals surface area contributed by atoms with E-state index in [1.807, 2.05) is 0 Å². The van der Waals surface area contributed by atoms with E-state index in [1.54, 1.807) is 0 Å². The number of phosphoric acid groups is 1. The van der Waals surface area contributed by atoms with Gasteiger partial charge in [-0.25, -0.2) is 4.57 Å². The van der Waals surface area contributed by atoms with E-state index >= 15 is 0 Å². The molecule has 0 bridgehead atoms. The van der Waals surface area contributed by atoms with Crippen molar-refractivity contribution in [3.8, 4) is 0 Å². The zero-order valence-electron chi connectivity index (χ0n) is 28.2. The Hall–Kier alpha value is -1.52. The molecule has 0 rings (SSSR count). The van der Waals surface area contributed by atoms with Gasteiger partial charge >= 0.3 is 25.7 Å². The van der Waals surface area contributed by atoms with Crippen molar-refractivity contribution < 1.29 is 47.5 Å². The number of carboxylic acids is 1. The Kier molecular flexibility index (Phi) is 28.8. The summed E-state index contributed by atoms with van der Waals surface area (Å²) in [5.74, 6) is -2.37. The highest BCUT2D eigenvalue weighted by Gasteiger charge is 2.28. The van der Waals surface area contributed by atoms with Gasteiger partial charge < -0.3 is 25.2 Å². The number of esters is 2. The lowest BCUT2D eigenvalue weighted by molar-refractivity contribution is -0.161. The van der Waals surface area contributed by atoms with Gasteiger partial charge in [0.2, 0.25) is 0 Å². The lowest BCUT2D eigenvalue weighted by Crippen LogP contribution is -2.34. The third-order valence-electron chi connectivity index (χ3n) is 7.61. The van der Waals surface area contributed by atoms with Crippen LogP contribution in [0.5, 0.6) is 0 Å². The first-order chi connectivity index (χ1) is 21.6. The van der Waals surface area contributed by atoms with Crippen LogP contribution in [0.4, 0.5) is 0 Å². The summed E-state index contributed by atoms with van der Waals surface area (Å²) < 4.78 is 32.4. The lowest BCUT2D eigenvalue weighted by atomic mass is 10.0. The number of carbonyl (C=O) groups is 3. The van der Waals surface area contributed by atoms with Crippen molar-refractivity contribution in [2.75, 3.05) is 19.8 Å². The molecular formula is C33H64NO10P. The minimum absolute atomic E-state index is 0.168. The van der Waals surface area contributed by atoms with Crippen molar-refractivity contribution in [3.63, 3.8) is 0 Å². The van der Waals surface area contributed by atoms with E-state index in [-0.39, 0.29) is 19.4 Å². The van der Waals surface area contributed by atoms with Crippen LogP contribution in [0.25, 0.3) is 0 Å². The van der Waals surface area contributed by atoms with E-state index in [9.17, 15) is 23.8 Å². The molecule has 0 aromatic heterocycles. The van der Waals surface area contributed by atoms with Crippen LogP contribution in [0.3, 0.4) is 0 Å². The highest BCUT2D eigenvalue weighted by Crippen LogP contribution is 2.43. The summed E-state index contributed by atoms with van der Waals surface area (Å²) in [6, 6.07) is -1.51. The second-order valence-electron chi connectivity index (χ2n) is 12.0. The maximum absolute atomic E-state index is 12.5. The molecule has 0 spiro atoms. The molecule has 0 fully saturated rings. The zero-order valence-corrected chi connectivity index (χ0v) is 29.1. The molecule has 0 saturated heterocycles. The van der Waals surface area contributed by atoms with Gasteiger partial charge in [0.05, 0.1) is 13.2 Å². The summed E-state index contributed by atoms with van der Waals surface area (Å²) in [7, 11) is -4.69. The number of carboxylic acid groups (broad SMARTS) is 1. The number of rotatable bonds is 33. The zero-order chi connectivity index (χ0) is 33.6. The van der Waals surface area contributed by atoms with Crippen LogP contribution in [-0.2, 0) is 37.5 Å². The topological polar surface area (TPSA) is 172 Å². The van der Waals surface area contributed by atoms with E-state index in [2.05, 4.69) is 18.4 Å². The number of unbranched alkanes of at least 4 members (excludes halogenated alkanes) is 19. The van der Waals surface area contributed by atoms with Gasteiger partial charge in [0, 0.05) is 12.8 Å². The summed E-state index contributed by atoms with van der Waals surface area (Å²) in [4.78, 5) is 45.5. The fraction of sp³-hybridized carbons (Fsp3) is 0.909. The molecule has 12 heteroatoms. The van der Waals surface area contributed by atoms with Crippen LogP contribution in [0, 0.1) is 0 Å². The predicted octanol–water partition coefficient (Wildman–Crippen LogP) is 8.00. The fourth-order valence-electron chi connectivity index (χ4n) is 4.77. The molecule has 0 saturated carbocycles. The number of nitrogens with two attached hydrogens (primary N) is 1. The van der Waals surface area contributed by atoms with E-state index in [0.29, 0.717) is 12.8 Å². The van der Waals surface area contributed by atoms with Gasteiger partial charge in [0.25, 0.3) is 0 Å². The van der Waals surface area contributed by atoms with E-state index in [0.717, 1.165) is 38.5 Å². The van der Waals surface area contributed by atoms with Crippen LogP contribution in [0.15, 0.2) is 0 Å². The summed E-state index contributed by atoms with van der Waals surface area (Å²) in [6.07, 6.45) is 23.3. The summed E-state index contributed by atoms with van der Waals surface area (Å²) in [6.45, 7) is 2.74. The Labute approximate surface area is 272 Å². The number of ether oxygens (including phenoxy) is 2. The van der Waals surface area contributed by atoms with Crippen molar-refractivity contribution in [2.45, 2.75) is 174 Å². The number of carbonyl (C=O) groups excluding carboxylic acids is 2. The summed E-state index contributed by atoms with van der Waals surface area (Å²) in [5, 5.41) is 8.82. The SMILES string of the molecule is CCCCCCCCCCCCCCCC(=O)O[C@H](COC(=O)CCCCCCCCCC)COP(=O)(O)OC[C@H](N)C(=O)O. The Bertz CT molecular complexity index is 797. The first-order valence-corrected chi connectivity index (χ1v) is 19.1. The number of hydrogen-bond donors (Lipinski definition) is 3. The van der Waals surface area contributed by atoms with E-state index in [1.165, 1.54) is 83.5 Å². The van der Waals surface area contributed by atoms with Crippen LogP contribution < -0.4 is 5.73 Å². The Balaban J connectivity index is 4.45. The normalized spacial score (nSPS) is 14.0. The maximum Gasteiger partial charge on any atom is 0.472 e. The quantitative estimate of drug-likeness (QED) is 0.0352. The second-order valence-corrected chi connectivity index (χ2v) is 13.5. The van der Waals surface area contributed by atoms with Crippen LogP contribution >= 0.6 is 7.82 Å². The van der Waals surface area contributed by atoms with Gasteiger partial charge in [0.1, 0.15) is 12.6 Å². The average Bonchev–Trinajstić information content (AvgIpc) is 3.00. The fourth-order valence-corrected chi connectivity index (χ4v) is 5.55. The molecule has 266 valence electrons. The van der Waals surface area contributed by atoms with Gasteiger partial charge in [-0.15, -0.1) is 0 Å². The smallest absolute Gasteiger partial charge is 0.472 e. The highest BCUT2D eigenvalue weighted by atomic mass is 31.2.